The zero-order valence-electron chi connectivity index (χ0n) is 8.17. The van der Waals surface area contributed by atoms with Crippen LogP contribution in [0.1, 0.15) is 24.3 Å². The van der Waals surface area contributed by atoms with Crippen LogP contribution in [0.2, 0.25) is 0 Å². The molecule has 0 unspecified atom stereocenters. The molecule has 1 aliphatic carbocycles. The number of nitrogens with two attached hydrogens (primary N) is 1. The Morgan fingerprint density at radius 2 is 2.13 bits per heavy atom. The van der Waals surface area contributed by atoms with Crippen LogP contribution in [0.5, 0.6) is 0 Å². The van der Waals surface area contributed by atoms with Crippen molar-refractivity contribution in [1.82, 2.24) is 20.2 Å². The summed E-state index contributed by atoms with van der Waals surface area (Å²) in [6, 6.07) is 6.01. The molecule has 0 bridgehead atoms. The molecule has 3 rings (SSSR count). The van der Waals surface area contributed by atoms with E-state index in [4.69, 9.17) is 5.73 Å². The highest BCUT2D eigenvalue weighted by Crippen LogP contribution is 2.41. The summed E-state index contributed by atoms with van der Waals surface area (Å²) in [5, 5.41) is 11.1. The minimum absolute atomic E-state index is 0.684. The third kappa shape index (κ3) is 1.56. The standard InChI is InChI=1S/C10H11N5/c11-9-3-8(7-1-2-7)4-10(5-9)15-6-12-13-14-15/h3-7H,1-2,11H2. The highest BCUT2D eigenvalue weighted by Gasteiger charge is 2.24. The molecule has 5 heteroatoms. The lowest BCUT2D eigenvalue weighted by Gasteiger charge is -2.05. The smallest absolute Gasteiger partial charge is 0.143 e. The number of anilines is 1. The van der Waals surface area contributed by atoms with Gasteiger partial charge in [0.2, 0.25) is 0 Å². The molecule has 0 saturated heterocycles. The first-order valence-corrected chi connectivity index (χ1v) is 4.97. The molecule has 0 atom stereocenters. The second kappa shape index (κ2) is 3.05. The highest BCUT2D eigenvalue weighted by atomic mass is 15.5. The molecule has 2 N–H and O–H groups in total. The van der Waals surface area contributed by atoms with Crippen LogP contribution in [0, 0.1) is 0 Å². The number of hydrogen-bond donors (Lipinski definition) is 1. The highest BCUT2D eigenvalue weighted by molar-refractivity contribution is 5.52. The van der Waals surface area contributed by atoms with E-state index in [0.717, 1.165) is 11.4 Å². The maximum Gasteiger partial charge on any atom is 0.143 e. The predicted molar refractivity (Wildman–Crippen MR) is 55.5 cm³/mol. The van der Waals surface area contributed by atoms with E-state index >= 15 is 0 Å². The Labute approximate surface area is 86.9 Å². The molecular weight excluding hydrogens is 190 g/mol. The van der Waals surface area contributed by atoms with Crippen molar-refractivity contribution in [3.8, 4) is 5.69 Å². The fourth-order valence-corrected chi connectivity index (χ4v) is 1.72. The second-order valence-corrected chi connectivity index (χ2v) is 3.89. The zero-order valence-corrected chi connectivity index (χ0v) is 8.17. The fourth-order valence-electron chi connectivity index (χ4n) is 1.72. The Hall–Kier alpha value is -1.91. The van der Waals surface area contributed by atoms with Gasteiger partial charge < -0.3 is 5.73 Å². The van der Waals surface area contributed by atoms with E-state index < -0.39 is 0 Å². The van der Waals surface area contributed by atoms with E-state index in [0.29, 0.717) is 5.92 Å². The number of nitrogens with zero attached hydrogens (tertiary/aromatic N) is 4. The van der Waals surface area contributed by atoms with Gasteiger partial charge in [-0.2, -0.15) is 0 Å². The molecular formula is C10H11N5. The monoisotopic (exact) mass is 201 g/mol. The Morgan fingerprint density at radius 3 is 2.80 bits per heavy atom. The molecule has 1 aromatic heterocycles. The van der Waals surface area contributed by atoms with E-state index in [2.05, 4.69) is 21.6 Å². The van der Waals surface area contributed by atoms with Gasteiger partial charge in [0.1, 0.15) is 6.33 Å². The van der Waals surface area contributed by atoms with Crippen LogP contribution >= 0.6 is 0 Å². The Bertz CT molecular complexity index is 473. The van der Waals surface area contributed by atoms with Gasteiger partial charge in [-0.05, 0) is 52.9 Å². The molecule has 0 amide bonds. The molecule has 5 nitrogen and oxygen atoms in total. The van der Waals surface area contributed by atoms with Gasteiger partial charge in [-0.3, -0.25) is 0 Å². The van der Waals surface area contributed by atoms with Gasteiger partial charge in [-0.25, -0.2) is 4.68 Å². The first-order valence-electron chi connectivity index (χ1n) is 4.97. The molecule has 1 fully saturated rings. The minimum atomic E-state index is 0.684. The van der Waals surface area contributed by atoms with Crippen LogP contribution in [-0.2, 0) is 0 Å². The zero-order chi connectivity index (χ0) is 10.3. The molecule has 76 valence electrons. The summed E-state index contributed by atoms with van der Waals surface area (Å²) in [6.07, 6.45) is 4.10. The van der Waals surface area contributed by atoms with Crippen molar-refractivity contribution >= 4 is 5.69 Å². The average molecular weight is 201 g/mol. The summed E-state index contributed by atoms with van der Waals surface area (Å²) < 4.78 is 1.63. The number of hydrogen-bond acceptors (Lipinski definition) is 4. The molecule has 0 spiro atoms. The molecule has 1 aliphatic rings. The van der Waals surface area contributed by atoms with Gasteiger partial charge in [-0.15, -0.1) is 5.10 Å². The molecule has 1 saturated carbocycles. The van der Waals surface area contributed by atoms with Gasteiger partial charge >= 0.3 is 0 Å². The number of benzene rings is 1. The summed E-state index contributed by atoms with van der Waals surface area (Å²) in [5.41, 5.74) is 8.84. The molecule has 15 heavy (non-hydrogen) atoms. The van der Waals surface area contributed by atoms with Crippen LogP contribution < -0.4 is 5.73 Å². The normalized spacial score (nSPS) is 15.5. The lowest BCUT2D eigenvalue weighted by atomic mass is 10.1. The topological polar surface area (TPSA) is 69.6 Å². The lowest BCUT2D eigenvalue weighted by Crippen LogP contribution is -1.98. The average Bonchev–Trinajstić information content (AvgIpc) is 2.93. The third-order valence-electron chi connectivity index (χ3n) is 2.62. The van der Waals surface area contributed by atoms with Gasteiger partial charge in [0, 0.05) is 5.69 Å². The van der Waals surface area contributed by atoms with Crippen molar-refractivity contribution in [2.45, 2.75) is 18.8 Å². The van der Waals surface area contributed by atoms with Crippen molar-refractivity contribution in [1.29, 1.82) is 0 Å². The van der Waals surface area contributed by atoms with Crippen molar-refractivity contribution in [2.24, 2.45) is 0 Å². The quantitative estimate of drug-likeness (QED) is 0.739. The Balaban J connectivity index is 2.07. The fraction of sp³-hybridized carbons (Fsp3) is 0.300. The molecule has 0 radical (unpaired) electrons. The minimum Gasteiger partial charge on any atom is -0.399 e. The summed E-state index contributed by atoms with van der Waals surface area (Å²) in [4.78, 5) is 0. The van der Waals surface area contributed by atoms with Gasteiger partial charge in [-0.1, -0.05) is 0 Å². The molecule has 2 aromatic rings. The summed E-state index contributed by atoms with van der Waals surface area (Å²) in [6.45, 7) is 0. The van der Waals surface area contributed by atoms with E-state index in [9.17, 15) is 0 Å². The largest absolute Gasteiger partial charge is 0.399 e. The summed E-state index contributed by atoms with van der Waals surface area (Å²) in [5.74, 6) is 0.684. The van der Waals surface area contributed by atoms with Crippen molar-refractivity contribution < 1.29 is 0 Å². The van der Waals surface area contributed by atoms with Gasteiger partial charge in [0.05, 0.1) is 5.69 Å². The van der Waals surface area contributed by atoms with Crippen LogP contribution in [0.15, 0.2) is 24.5 Å². The molecule has 0 aliphatic heterocycles. The second-order valence-electron chi connectivity index (χ2n) is 3.89. The van der Waals surface area contributed by atoms with E-state index in [1.165, 1.54) is 18.4 Å². The van der Waals surface area contributed by atoms with E-state index in [1.54, 1.807) is 11.0 Å². The number of nitrogen functional groups attached to an aromatic ring is 1. The van der Waals surface area contributed by atoms with Gasteiger partial charge in [0.25, 0.3) is 0 Å². The van der Waals surface area contributed by atoms with Gasteiger partial charge in [0.15, 0.2) is 0 Å². The summed E-state index contributed by atoms with van der Waals surface area (Å²) in [7, 11) is 0. The first-order chi connectivity index (χ1) is 7.33. The van der Waals surface area contributed by atoms with Crippen LogP contribution in [0.25, 0.3) is 5.69 Å². The predicted octanol–water partition coefficient (Wildman–Crippen LogP) is 1.12. The molecule has 1 aromatic carbocycles. The maximum absolute atomic E-state index is 5.85. The van der Waals surface area contributed by atoms with E-state index in [1.807, 2.05) is 12.1 Å². The SMILES string of the molecule is Nc1cc(C2CC2)cc(-n2cnnn2)c1. The van der Waals surface area contributed by atoms with Crippen LogP contribution in [-0.4, -0.2) is 20.2 Å². The van der Waals surface area contributed by atoms with Crippen LogP contribution in [0.3, 0.4) is 0 Å². The van der Waals surface area contributed by atoms with Crippen molar-refractivity contribution in [3.05, 3.63) is 30.1 Å². The Kier molecular flexibility index (Phi) is 1.71. The molecule has 1 heterocycles. The maximum atomic E-state index is 5.85. The third-order valence-corrected chi connectivity index (χ3v) is 2.62. The number of aromatic nitrogens is 4. The number of tetrazole rings is 1. The van der Waals surface area contributed by atoms with Crippen molar-refractivity contribution in [3.63, 3.8) is 0 Å². The van der Waals surface area contributed by atoms with E-state index in [-0.39, 0.29) is 0 Å². The van der Waals surface area contributed by atoms with Crippen LogP contribution in [0.4, 0.5) is 5.69 Å². The first kappa shape index (κ1) is 8.40. The Morgan fingerprint density at radius 1 is 1.27 bits per heavy atom. The summed E-state index contributed by atoms with van der Waals surface area (Å²) >= 11 is 0. The lowest BCUT2D eigenvalue weighted by molar-refractivity contribution is 0.788. The number of rotatable bonds is 2. The van der Waals surface area contributed by atoms with Crippen molar-refractivity contribution in [2.75, 3.05) is 5.73 Å².